The van der Waals surface area contributed by atoms with Gasteiger partial charge in [-0.05, 0) is 36.1 Å². The highest BCUT2D eigenvalue weighted by molar-refractivity contribution is 9.10. The summed E-state index contributed by atoms with van der Waals surface area (Å²) in [5.41, 5.74) is 2.08. The largest absolute Gasteiger partial charge is 0.409 e. The first-order valence-electron chi connectivity index (χ1n) is 12.0. The molecular weight excluding hydrogens is 498 g/mol. The zero-order valence-corrected chi connectivity index (χ0v) is 22.3. The van der Waals surface area contributed by atoms with E-state index in [1.165, 1.54) is 25.7 Å². The fraction of sp³-hybridized carbons (Fsp3) is 0.600. The van der Waals surface area contributed by atoms with Gasteiger partial charge in [-0.2, -0.15) is 9.34 Å². The normalized spacial score (nSPS) is 28.5. The van der Waals surface area contributed by atoms with Crippen molar-refractivity contribution in [3.63, 3.8) is 0 Å². The van der Waals surface area contributed by atoms with Crippen LogP contribution in [-0.2, 0) is 9.47 Å². The predicted octanol–water partition coefficient (Wildman–Crippen LogP) is 4.89. The minimum Gasteiger partial charge on any atom is -0.384 e. The van der Waals surface area contributed by atoms with Crippen LogP contribution in [-0.4, -0.2) is 80.3 Å². The van der Waals surface area contributed by atoms with Crippen molar-refractivity contribution in [3.8, 4) is 0 Å². The molecule has 2 fully saturated rings. The summed E-state index contributed by atoms with van der Waals surface area (Å²) < 4.78 is 17.2. The van der Waals surface area contributed by atoms with Gasteiger partial charge in [0.15, 0.2) is 0 Å². The molecule has 0 amide bonds. The fourth-order valence-electron chi connectivity index (χ4n) is 5.86. The molecule has 1 saturated carbocycles. The third-order valence-corrected chi connectivity index (χ3v) is 12.2. The Morgan fingerprint density at radius 1 is 1.09 bits per heavy atom. The Labute approximate surface area is 209 Å². The molecule has 1 N–H and O–H groups in total. The summed E-state index contributed by atoms with van der Waals surface area (Å²) >= 11 is 3.61. The number of aliphatic hydroxyl groups excluding tert-OH is 1. The topological polar surface area (TPSA) is 45.2 Å². The number of allylic oxidation sites excluding steroid dienone is 3. The van der Waals surface area contributed by atoms with E-state index < -0.39 is 13.5 Å². The Kier molecular flexibility index (Phi) is 8.89. The molecular formula is C25H36BBrN2O3P+. The minimum atomic E-state index is -2.20. The number of hydrogen-bond acceptors (Lipinski definition) is 5. The predicted molar refractivity (Wildman–Crippen MR) is 141 cm³/mol. The summed E-state index contributed by atoms with van der Waals surface area (Å²) in [4.78, 5) is 0. The highest BCUT2D eigenvalue weighted by atomic mass is 79.9. The number of ether oxygens (including phenoxy) is 2. The fourth-order valence-corrected chi connectivity index (χ4v) is 10.5. The molecule has 0 aromatic heterocycles. The molecule has 1 saturated heterocycles. The number of aliphatic hydroxyl groups is 1. The van der Waals surface area contributed by atoms with Gasteiger partial charge in [0.05, 0.1) is 38.4 Å². The standard InChI is InChI=1S/C25H36BBrN2O3P/c1-31-16-14-28-23-12-5-6-13-24(23)29(15-17-32-2)33(28,26)20-9-7-8-19(18-20)25(30)21-10-3-4-11-22(21)27/h3-4,7-11,20,23-25,30H,5-6,12-18H2,1-2H3/q+1/t20?,23-,24-,25+/m1/s1. The van der Waals surface area contributed by atoms with Gasteiger partial charge in [-0.25, -0.2) is 0 Å². The maximum atomic E-state index is 11.3. The van der Waals surface area contributed by atoms with Crippen LogP contribution >= 0.6 is 23.4 Å². The van der Waals surface area contributed by atoms with Crippen LogP contribution in [0.5, 0.6) is 0 Å². The maximum Gasteiger partial charge on any atom is 0.409 e. The first-order chi connectivity index (χ1) is 16.0. The average Bonchev–Trinajstić information content (AvgIpc) is 3.09. The maximum absolute atomic E-state index is 11.3. The molecule has 0 bridgehead atoms. The molecule has 0 spiro atoms. The second kappa shape index (κ2) is 11.5. The van der Waals surface area contributed by atoms with Crippen LogP contribution in [0.15, 0.2) is 52.5 Å². The van der Waals surface area contributed by atoms with Crippen molar-refractivity contribution >= 4 is 30.9 Å². The van der Waals surface area contributed by atoms with Gasteiger partial charge >= 0.3 is 7.57 Å². The third-order valence-electron chi connectivity index (χ3n) is 7.46. The highest BCUT2D eigenvalue weighted by Gasteiger charge is 2.63. The summed E-state index contributed by atoms with van der Waals surface area (Å²) in [5.74, 6) is 0. The number of nitrogens with zero attached hydrogens (tertiary/aromatic N) is 2. The van der Waals surface area contributed by atoms with E-state index in [9.17, 15) is 5.11 Å². The van der Waals surface area contributed by atoms with Gasteiger partial charge in [0, 0.05) is 25.1 Å². The van der Waals surface area contributed by atoms with Gasteiger partial charge in [0.2, 0.25) is 0 Å². The SMILES string of the molecule is [B][P+]1(C2C=CC=C([C@H](O)c3ccccc3Br)C2)N(CCOC)[C@@H]2CCCC[C@H]2N1CCOC. The smallest absolute Gasteiger partial charge is 0.384 e. The van der Waals surface area contributed by atoms with E-state index in [-0.39, 0.29) is 5.66 Å². The van der Waals surface area contributed by atoms with Crippen molar-refractivity contribution in [3.05, 3.63) is 58.1 Å². The quantitative estimate of drug-likeness (QED) is 0.361. The Balaban J connectivity index is 1.65. The number of methoxy groups -OCH3 is 2. The molecule has 1 heterocycles. The summed E-state index contributed by atoms with van der Waals surface area (Å²) in [5, 5.41) is 11.3. The monoisotopic (exact) mass is 533 g/mol. The van der Waals surface area contributed by atoms with E-state index >= 15 is 0 Å². The van der Waals surface area contributed by atoms with Crippen molar-refractivity contribution in [1.29, 1.82) is 0 Å². The minimum absolute atomic E-state index is 0.161. The van der Waals surface area contributed by atoms with Crippen LogP contribution in [0, 0.1) is 0 Å². The number of fused-ring (bicyclic) bond motifs is 1. The van der Waals surface area contributed by atoms with Gasteiger partial charge in [-0.15, -0.1) is 0 Å². The molecule has 1 aromatic carbocycles. The second-order valence-corrected chi connectivity index (χ2v) is 13.2. The highest BCUT2D eigenvalue weighted by Crippen LogP contribution is 2.73. The molecule has 178 valence electrons. The molecule has 2 aliphatic carbocycles. The van der Waals surface area contributed by atoms with Gasteiger partial charge in [0.1, 0.15) is 19.2 Å². The summed E-state index contributed by atoms with van der Waals surface area (Å²) in [7, 11) is 8.91. The molecule has 2 radical (unpaired) electrons. The molecule has 1 aliphatic heterocycles. The van der Waals surface area contributed by atoms with Crippen molar-refractivity contribution in [2.45, 2.75) is 56.0 Å². The van der Waals surface area contributed by atoms with E-state index in [0.717, 1.165) is 35.1 Å². The van der Waals surface area contributed by atoms with Crippen LogP contribution in [0.3, 0.4) is 0 Å². The van der Waals surface area contributed by atoms with Crippen LogP contribution in [0.4, 0.5) is 0 Å². The zero-order chi connectivity index (χ0) is 23.4. The number of halogens is 1. The summed E-state index contributed by atoms with van der Waals surface area (Å²) in [6.07, 6.45) is 11.5. The molecule has 4 rings (SSSR count). The lowest BCUT2D eigenvalue weighted by Crippen LogP contribution is -2.41. The van der Waals surface area contributed by atoms with Crippen molar-refractivity contribution in [2.75, 3.05) is 40.5 Å². The molecule has 8 heteroatoms. The molecule has 1 unspecified atom stereocenters. The number of benzene rings is 1. The van der Waals surface area contributed by atoms with Crippen LogP contribution in [0.25, 0.3) is 0 Å². The van der Waals surface area contributed by atoms with Crippen molar-refractivity contribution in [1.82, 2.24) is 9.34 Å². The second-order valence-electron chi connectivity index (χ2n) is 9.25. The van der Waals surface area contributed by atoms with Crippen LogP contribution in [0.1, 0.15) is 43.8 Å². The zero-order valence-electron chi connectivity index (χ0n) is 19.8. The van der Waals surface area contributed by atoms with E-state index in [4.69, 9.17) is 17.0 Å². The lowest BCUT2D eigenvalue weighted by Gasteiger charge is -2.41. The lowest BCUT2D eigenvalue weighted by atomic mass is 9.90. The van der Waals surface area contributed by atoms with Gasteiger partial charge in [-0.1, -0.05) is 59.1 Å². The Morgan fingerprint density at radius 3 is 2.27 bits per heavy atom. The molecule has 3 aliphatic rings. The number of hydrogen-bond donors (Lipinski definition) is 1. The first kappa shape index (κ1) is 25.6. The van der Waals surface area contributed by atoms with E-state index in [1.807, 2.05) is 24.3 Å². The molecule has 4 atom stereocenters. The Bertz CT molecular complexity index is 846. The lowest BCUT2D eigenvalue weighted by molar-refractivity contribution is 0.136. The average molecular weight is 534 g/mol. The molecule has 1 aromatic rings. The van der Waals surface area contributed by atoms with E-state index in [1.54, 1.807) is 14.2 Å². The number of rotatable bonds is 9. The first-order valence-corrected chi connectivity index (χ1v) is 14.6. The van der Waals surface area contributed by atoms with E-state index in [2.05, 4.69) is 43.5 Å². The van der Waals surface area contributed by atoms with Gasteiger partial charge in [-0.3, -0.25) is 0 Å². The summed E-state index contributed by atoms with van der Waals surface area (Å²) in [6, 6.07) is 8.85. The van der Waals surface area contributed by atoms with Crippen LogP contribution in [0.2, 0.25) is 0 Å². The Hall–Kier alpha value is -0.525. The van der Waals surface area contributed by atoms with Crippen molar-refractivity contribution in [2.24, 2.45) is 0 Å². The van der Waals surface area contributed by atoms with Crippen LogP contribution < -0.4 is 0 Å². The van der Waals surface area contributed by atoms with Gasteiger partial charge in [0.25, 0.3) is 0 Å². The Morgan fingerprint density at radius 2 is 1.70 bits per heavy atom. The molecule has 5 nitrogen and oxygen atoms in total. The summed E-state index contributed by atoms with van der Waals surface area (Å²) in [6.45, 7) is 3.06. The third kappa shape index (κ3) is 5.07. The van der Waals surface area contributed by atoms with Gasteiger partial charge < -0.3 is 14.6 Å². The van der Waals surface area contributed by atoms with E-state index in [0.29, 0.717) is 25.3 Å². The van der Waals surface area contributed by atoms with Crippen molar-refractivity contribution < 1.29 is 14.6 Å². The molecule has 33 heavy (non-hydrogen) atoms.